The highest BCUT2D eigenvalue weighted by atomic mass is 16.5. The number of hydrogen-bond acceptors (Lipinski definition) is 7. The predicted molar refractivity (Wildman–Crippen MR) is 118 cm³/mol. The zero-order valence-electron chi connectivity index (χ0n) is 17.8. The fraction of sp³-hybridized carbons (Fsp3) is 0.375. The van der Waals surface area contributed by atoms with Crippen LogP contribution in [0.3, 0.4) is 0 Å². The fourth-order valence-corrected chi connectivity index (χ4v) is 3.87. The Kier molecular flexibility index (Phi) is 6.44. The van der Waals surface area contributed by atoms with Gasteiger partial charge in [0.05, 0.1) is 14.2 Å². The topological polar surface area (TPSA) is 81.4 Å². The second kappa shape index (κ2) is 9.41. The molecule has 164 valence electrons. The summed E-state index contributed by atoms with van der Waals surface area (Å²) in [4.78, 5) is 15.0. The van der Waals surface area contributed by atoms with E-state index in [-0.39, 0.29) is 12.0 Å². The number of fused-ring (bicyclic) bond motifs is 1. The summed E-state index contributed by atoms with van der Waals surface area (Å²) in [5.74, 6) is 2.04. The molecular weight excluding hydrogens is 398 g/mol. The molecule has 1 fully saturated rings. The van der Waals surface area contributed by atoms with Crippen LogP contribution in [0, 0.1) is 0 Å². The molecule has 2 heterocycles. The summed E-state index contributed by atoms with van der Waals surface area (Å²) >= 11 is 0. The molecule has 0 saturated carbocycles. The Hall–Kier alpha value is -3.03. The van der Waals surface area contributed by atoms with Gasteiger partial charge in [-0.3, -0.25) is 4.79 Å². The normalized spacial score (nSPS) is 15.2. The fourth-order valence-electron chi connectivity index (χ4n) is 3.87. The number of benzene rings is 2. The highest BCUT2D eigenvalue weighted by Crippen LogP contribution is 2.32. The number of hydrogen-bond donors (Lipinski definition) is 1. The van der Waals surface area contributed by atoms with Gasteiger partial charge in [0.2, 0.25) is 0 Å². The summed E-state index contributed by atoms with van der Waals surface area (Å²) in [5, 5.41) is 10.6. The van der Waals surface area contributed by atoms with Gasteiger partial charge in [-0.2, -0.15) is 0 Å². The molecule has 31 heavy (non-hydrogen) atoms. The van der Waals surface area contributed by atoms with Crippen LogP contribution < -0.4 is 19.6 Å². The van der Waals surface area contributed by atoms with Crippen molar-refractivity contribution in [3.8, 4) is 28.6 Å². The first kappa shape index (κ1) is 21.2. The van der Waals surface area contributed by atoms with Crippen LogP contribution in [0.1, 0.15) is 12.8 Å². The summed E-state index contributed by atoms with van der Waals surface area (Å²) in [7, 11) is 3.05. The van der Waals surface area contributed by atoms with Crippen LogP contribution in [0.15, 0.2) is 51.7 Å². The quantitative estimate of drug-likeness (QED) is 0.593. The van der Waals surface area contributed by atoms with Gasteiger partial charge in [0.15, 0.2) is 5.43 Å². The second-order valence-corrected chi connectivity index (χ2v) is 7.67. The van der Waals surface area contributed by atoms with Crippen molar-refractivity contribution >= 4 is 11.0 Å². The van der Waals surface area contributed by atoms with Crippen molar-refractivity contribution in [2.75, 3.05) is 40.5 Å². The number of ether oxygens (including phenoxy) is 3. The Balaban J connectivity index is 1.50. The van der Waals surface area contributed by atoms with Crippen LogP contribution in [0.25, 0.3) is 22.3 Å². The maximum absolute atomic E-state index is 12.7. The van der Waals surface area contributed by atoms with Crippen LogP contribution in [-0.4, -0.2) is 56.6 Å². The molecule has 0 aliphatic carbocycles. The molecule has 7 nitrogen and oxygen atoms in total. The number of nitrogens with zero attached hydrogens (tertiary/aromatic N) is 1. The van der Waals surface area contributed by atoms with Crippen LogP contribution >= 0.6 is 0 Å². The lowest BCUT2D eigenvalue weighted by Gasteiger charge is -2.19. The molecule has 1 aromatic heterocycles. The van der Waals surface area contributed by atoms with Crippen molar-refractivity contribution in [2.45, 2.75) is 18.9 Å². The van der Waals surface area contributed by atoms with Crippen molar-refractivity contribution < 1.29 is 23.7 Å². The Bertz CT molecular complexity index is 1090. The Morgan fingerprint density at radius 1 is 1.03 bits per heavy atom. The van der Waals surface area contributed by atoms with Crippen LogP contribution in [0.2, 0.25) is 0 Å². The molecule has 0 radical (unpaired) electrons. The largest absolute Gasteiger partial charge is 0.496 e. The van der Waals surface area contributed by atoms with E-state index in [1.54, 1.807) is 31.4 Å². The van der Waals surface area contributed by atoms with E-state index in [4.69, 9.17) is 18.6 Å². The Morgan fingerprint density at radius 2 is 1.77 bits per heavy atom. The molecule has 0 spiro atoms. The molecule has 1 atom stereocenters. The molecule has 4 rings (SSSR count). The molecule has 1 unspecified atom stereocenters. The molecule has 1 saturated heterocycles. The minimum Gasteiger partial charge on any atom is -0.496 e. The van der Waals surface area contributed by atoms with Gasteiger partial charge in [0.25, 0.3) is 0 Å². The first-order chi connectivity index (χ1) is 15.1. The van der Waals surface area contributed by atoms with Gasteiger partial charge < -0.3 is 28.6 Å². The van der Waals surface area contributed by atoms with Crippen molar-refractivity contribution in [1.82, 2.24) is 4.90 Å². The Labute approximate surface area is 180 Å². The molecule has 0 amide bonds. The number of likely N-dealkylation sites (tertiary alicyclic amines) is 1. The lowest BCUT2D eigenvalue weighted by molar-refractivity contribution is 0.0758. The van der Waals surface area contributed by atoms with E-state index in [0.717, 1.165) is 18.7 Å². The van der Waals surface area contributed by atoms with Gasteiger partial charge in [-0.15, -0.1) is 0 Å². The van der Waals surface area contributed by atoms with Crippen LogP contribution in [-0.2, 0) is 0 Å². The third-order valence-electron chi connectivity index (χ3n) is 5.47. The van der Waals surface area contributed by atoms with E-state index < -0.39 is 6.10 Å². The van der Waals surface area contributed by atoms with E-state index in [0.29, 0.717) is 40.5 Å². The van der Waals surface area contributed by atoms with Crippen molar-refractivity contribution in [3.63, 3.8) is 0 Å². The molecular formula is C24H27NO6. The van der Waals surface area contributed by atoms with E-state index in [9.17, 15) is 9.90 Å². The number of methoxy groups -OCH3 is 2. The third-order valence-corrected chi connectivity index (χ3v) is 5.47. The average Bonchev–Trinajstić information content (AvgIpc) is 3.30. The van der Waals surface area contributed by atoms with E-state index in [1.807, 2.05) is 12.1 Å². The predicted octanol–water partition coefficient (Wildman–Crippen LogP) is 3.31. The summed E-state index contributed by atoms with van der Waals surface area (Å²) in [6.45, 7) is 2.95. The standard InChI is InChI=1S/C24H27NO6/c1-28-19-11-22(29-2)24-20(27)13-21(31-23(24)12-19)16-5-7-18(8-6-16)30-15-17(26)14-25-9-3-4-10-25/h5-8,11-13,17,26H,3-4,9-10,14-15H2,1-2H3. The SMILES string of the molecule is COc1cc(OC)c2c(=O)cc(-c3ccc(OCC(O)CN4CCCC4)cc3)oc2c1. The molecule has 0 bridgehead atoms. The highest BCUT2D eigenvalue weighted by Gasteiger charge is 2.17. The summed E-state index contributed by atoms with van der Waals surface area (Å²) in [6.07, 6.45) is 1.86. The second-order valence-electron chi connectivity index (χ2n) is 7.67. The maximum Gasteiger partial charge on any atom is 0.197 e. The third kappa shape index (κ3) is 4.84. The van der Waals surface area contributed by atoms with Gasteiger partial charge in [-0.1, -0.05) is 0 Å². The van der Waals surface area contributed by atoms with Crippen LogP contribution in [0.5, 0.6) is 17.2 Å². The van der Waals surface area contributed by atoms with Gasteiger partial charge >= 0.3 is 0 Å². The molecule has 7 heteroatoms. The molecule has 1 aliphatic heterocycles. The van der Waals surface area contributed by atoms with E-state index >= 15 is 0 Å². The minimum atomic E-state index is -0.527. The first-order valence-corrected chi connectivity index (χ1v) is 10.4. The van der Waals surface area contributed by atoms with Gasteiger partial charge in [0, 0.05) is 30.3 Å². The number of rotatable bonds is 8. The lowest BCUT2D eigenvalue weighted by Crippen LogP contribution is -2.33. The van der Waals surface area contributed by atoms with Crippen molar-refractivity contribution in [1.29, 1.82) is 0 Å². The van der Waals surface area contributed by atoms with Gasteiger partial charge in [0.1, 0.15) is 46.7 Å². The lowest BCUT2D eigenvalue weighted by atomic mass is 10.1. The number of aliphatic hydroxyl groups excluding tert-OH is 1. The average molecular weight is 425 g/mol. The zero-order valence-corrected chi connectivity index (χ0v) is 17.8. The zero-order chi connectivity index (χ0) is 21.8. The maximum atomic E-state index is 12.7. The minimum absolute atomic E-state index is 0.193. The smallest absolute Gasteiger partial charge is 0.197 e. The molecule has 1 N–H and O–H groups in total. The highest BCUT2D eigenvalue weighted by molar-refractivity contribution is 5.86. The van der Waals surface area contributed by atoms with E-state index in [2.05, 4.69) is 4.90 Å². The Morgan fingerprint density at radius 3 is 2.45 bits per heavy atom. The summed E-state index contributed by atoms with van der Waals surface area (Å²) in [6, 6.07) is 12.0. The monoisotopic (exact) mass is 425 g/mol. The molecule has 1 aliphatic rings. The summed E-state index contributed by atoms with van der Waals surface area (Å²) in [5.41, 5.74) is 0.941. The van der Waals surface area contributed by atoms with Crippen molar-refractivity contribution in [3.05, 3.63) is 52.7 Å². The number of β-amino-alcohol motifs (C(OH)–C–C–N with tert-alkyl or cyclic N) is 1. The first-order valence-electron chi connectivity index (χ1n) is 10.4. The summed E-state index contributed by atoms with van der Waals surface area (Å²) < 4.78 is 22.3. The van der Waals surface area contributed by atoms with Gasteiger partial charge in [-0.25, -0.2) is 0 Å². The number of aliphatic hydroxyl groups is 1. The van der Waals surface area contributed by atoms with Crippen LogP contribution in [0.4, 0.5) is 0 Å². The van der Waals surface area contributed by atoms with E-state index in [1.165, 1.54) is 26.0 Å². The molecule has 3 aromatic rings. The van der Waals surface area contributed by atoms with Crippen molar-refractivity contribution in [2.24, 2.45) is 0 Å². The molecule has 2 aromatic carbocycles. The van der Waals surface area contributed by atoms with Gasteiger partial charge in [-0.05, 0) is 50.2 Å².